The van der Waals surface area contributed by atoms with E-state index in [4.69, 9.17) is 11.6 Å². The first-order chi connectivity index (χ1) is 8.66. The van der Waals surface area contributed by atoms with Crippen LogP contribution in [0.5, 0.6) is 0 Å². The van der Waals surface area contributed by atoms with Gasteiger partial charge >= 0.3 is 0 Å². The maximum absolute atomic E-state index is 11.9. The molecule has 0 radical (unpaired) electrons. The van der Waals surface area contributed by atoms with Crippen LogP contribution in [0.25, 0.3) is 0 Å². The molecule has 1 amide bonds. The lowest BCUT2D eigenvalue weighted by atomic mass is 10.1. The Labute approximate surface area is 118 Å². The van der Waals surface area contributed by atoms with Gasteiger partial charge in [-0.15, -0.1) is 11.6 Å². The summed E-state index contributed by atoms with van der Waals surface area (Å²) in [7, 11) is 0. The Hall–Kier alpha value is -1.39. The molecule has 1 unspecified atom stereocenters. The average molecular weight is 326 g/mol. The Morgan fingerprint density at radius 2 is 1.94 bits per heavy atom. The van der Waals surface area contributed by atoms with E-state index in [2.05, 4.69) is 26.2 Å². The molecule has 92 valence electrons. The normalized spacial score (nSPS) is 11.9. The lowest BCUT2D eigenvalue weighted by Crippen LogP contribution is -2.17. The van der Waals surface area contributed by atoms with Gasteiger partial charge in [0, 0.05) is 10.7 Å². The molecule has 0 saturated heterocycles. The van der Waals surface area contributed by atoms with Crippen molar-refractivity contribution in [3.8, 4) is 0 Å². The first-order valence-corrected chi connectivity index (χ1v) is 6.51. The Kier molecular flexibility index (Phi) is 4.33. The average Bonchev–Trinajstić information content (AvgIpc) is 2.41. The van der Waals surface area contributed by atoms with Gasteiger partial charge in [0.25, 0.3) is 0 Å². The van der Waals surface area contributed by atoms with E-state index in [-0.39, 0.29) is 5.91 Å². The van der Waals surface area contributed by atoms with Crippen LogP contribution in [0.1, 0.15) is 10.9 Å². The molecule has 1 atom stereocenters. The zero-order chi connectivity index (χ0) is 13.0. The van der Waals surface area contributed by atoms with Crippen LogP contribution in [-0.4, -0.2) is 10.9 Å². The molecule has 2 aromatic rings. The first-order valence-electron chi connectivity index (χ1n) is 5.28. The van der Waals surface area contributed by atoms with Crippen LogP contribution < -0.4 is 5.32 Å². The Balaban J connectivity index is 2.06. The van der Waals surface area contributed by atoms with Crippen molar-refractivity contribution in [1.82, 2.24) is 4.98 Å². The molecule has 1 N–H and O–H groups in total. The second kappa shape index (κ2) is 5.98. The first kappa shape index (κ1) is 13.1. The summed E-state index contributed by atoms with van der Waals surface area (Å²) in [6.07, 6.45) is 1.61. The van der Waals surface area contributed by atoms with Gasteiger partial charge in [-0.2, -0.15) is 0 Å². The van der Waals surface area contributed by atoms with E-state index in [1.807, 2.05) is 30.3 Å². The number of benzene rings is 1. The van der Waals surface area contributed by atoms with E-state index < -0.39 is 5.38 Å². The predicted molar refractivity (Wildman–Crippen MR) is 75.6 cm³/mol. The minimum atomic E-state index is -0.725. The highest BCUT2D eigenvalue weighted by Gasteiger charge is 2.17. The maximum Gasteiger partial charge on any atom is 0.248 e. The third-order valence-electron chi connectivity index (χ3n) is 2.30. The SMILES string of the molecule is O=C(Nc1ccc(Br)cn1)C(Cl)c1ccccc1. The number of hydrogen-bond acceptors (Lipinski definition) is 2. The van der Waals surface area contributed by atoms with E-state index in [0.717, 1.165) is 10.0 Å². The van der Waals surface area contributed by atoms with Crippen molar-refractivity contribution in [2.45, 2.75) is 5.38 Å². The molecular weight excluding hydrogens is 316 g/mol. The number of alkyl halides is 1. The summed E-state index contributed by atoms with van der Waals surface area (Å²) in [6, 6.07) is 12.7. The summed E-state index contributed by atoms with van der Waals surface area (Å²) < 4.78 is 0.853. The highest BCUT2D eigenvalue weighted by atomic mass is 79.9. The summed E-state index contributed by atoms with van der Waals surface area (Å²) in [5.41, 5.74) is 0.758. The smallest absolute Gasteiger partial charge is 0.248 e. The van der Waals surface area contributed by atoms with Crippen LogP contribution in [0.3, 0.4) is 0 Å². The Morgan fingerprint density at radius 3 is 2.56 bits per heavy atom. The molecule has 5 heteroatoms. The van der Waals surface area contributed by atoms with Crippen LogP contribution in [0.4, 0.5) is 5.82 Å². The molecule has 0 aliphatic rings. The molecule has 18 heavy (non-hydrogen) atoms. The molecule has 2 rings (SSSR count). The number of aromatic nitrogens is 1. The number of carbonyl (C=O) groups excluding carboxylic acids is 1. The molecule has 3 nitrogen and oxygen atoms in total. The molecule has 1 heterocycles. The molecule has 0 spiro atoms. The quantitative estimate of drug-likeness (QED) is 0.873. The van der Waals surface area contributed by atoms with Crippen molar-refractivity contribution in [3.63, 3.8) is 0 Å². The van der Waals surface area contributed by atoms with Crippen molar-refractivity contribution in [3.05, 3.63) is 58.7 Å². The molecule has 0 aliphatic heterocycles. The minimum absolute atomic E-state index is 0.294. The van der Waals surface area contributed by atoms with E-state index in [1.165, 1.54) is 0 Å². The molecule has 0 aliphatic carbocycles. The summed E-state index contributed by atoms with van der Waals surface area (Å²) in [5, 5.41) is 1.94. The van der Waals surface area contributed by atoms with Crippen molar-refractivity contribution in [2.24, 2.45) is 0 Å². The van der Waals surface area contributed by atoms with Gasteiger partial charge in [0.15, 0.2) is 0 Å². The van der Waals surface area contributed by atoms with Crippen molar-refractivity contribution < 1.29 is 4.79 Å². The predicted octanol–water partition coefficient (Wildman–Crippen LogP) is 3.76. The number of rotatable bonds is 3. The monoisotopic (exact) mass is 324 g/mol. The number of nitrogens with one attached hydrogen (secondary N) is 1. The van der Waals surface area contributed by atoms with Crippen molar-refractivity contribution in [2.75, 3.05) is 5.32 Å². The van der Waals surface area contributed by atoms with E-state index >= 15 is 0 Å². The summed E-state index contributed by atoms with van der Waals surface area (Å²) >= 11 is 9.36. The topological polar surface area (TPSA) is 42.0 Å². The van der Waals surface area contributed by atoms with Gasteiger partial charge in [0.2, 0.25) is 5.91 Å². The highest BCUT2D eigenvalue weighted by Crippen LogP contribution is 2.21. The molecule has 0 fully saturated rings. The number of anilines is 1. The van der Waals surface area contributed by atoms with Crippen LogP contribution in [0.15, 0.2) is 53.1 Å². The number of hydrogen-bond donors (Lipinski definition) is 1. The molecule has 0 saturated carbocycles. The van der Waals surface area contributed by atoms with Gasteiger partial charge in [0.05, 0.1) is 0 Å². The van der Waals surface area contributed by atoms with Crippen LogP contribution >= 0.6 is 27.5 Å². The van der Waals surface area contributed by atoms with Gasteiger partial charge in [0.1, 0.15) is 11.2 Å². The molecule has 1 aromatic carbocycles. The largest absolute Gasteiger partial charge is 0.309 e. The van der Waals surface area contributed by atoms with Gasteiger partial charge in [-0.25, -0.2) is 4.98 Å². The highest BCUT2D eigenvalue weighted by molar-refractivity contribution is 9.10. The summed E-state index contributed by atoms with van der Waals surface area (Å²) in [4.78, 5) is 16.0. The second-order valence-electron chi connectivity index (χ2n) is 3.62. The number of pyridine rings is 1. The zero-order valence-electron chi connectivity index (χ0n) is 9.31. The molecule has 1 aromatic heterocycles. The van der Waals surface area contributed by atoms with Gasteiger partial charge < -0.3 is 5.32 Å². The number of carbonyl (C=O) groups is 1. The third kappa shape index (κ3) is 3.31. The number of amides is 1. The Morgan fingerprint density at radius 1 is 1.22 bits per heavy atom. The summed E-state index contributed by atoms with van der Waals surface area (Å²) in [5.74, 6) is 0.183. The fourth-order valence-electron chi connectivity index (χ4n) is 1.41. The van der Waals surface area contributed by atoms with Gasteiger partial charge in [-0.3, -0.25) is 4.79 Å². The summed E-state index contributed by atoms with van der Waals surface area (Å²) in [6.45, 7) is 0. The Bertz CT molecular complexity index is 530. The fourth-order valence-corrected chi connectivity index (χ4v) is 1.85. The third-order valence-corrected chi connectivity index (χ3v) is 3.22. The van der Waals surface area contributed by atoms with Crippen LogP contribution in [0, 0.1) is 0 Å². The van der Waals surface area contributed by atoms with E-state index in [0.29, 0.717) is 5.82 Å². The van der Waals surface area contributed by atoms with Gasteiger partial charge in [-0.05, 0) is 33.6 Å². The second-order valence-corrected chi connectivity index (χ2v) is 4.98. The van der Waals surface area contributed by atoms with E-state index in [9.17, 15) is 4.79 Å². The van der Waals surface area contributed by atoms with E-state index in [1.54, 1.807) is 18.3 Å². The zero-order valence-corrected chi connectivity index (χ0v) is 11.6. The van der Waals surface area contributed by atoms with Crippen LogP contribution in [-0.2, 0) is 4.79 Å². The standard InChI is InChI=1S/C13H10BrClN2O/c14-10-6-7-11(16-8-10)17-13(18)12(15)9-4-2-1-3-5-9/h1-8,12H,(H,16,17,18). The lowest BCUT2D eigenvalue weighted by Gasteiger charge is -2.10. The van der Waals surface area contributed by atoms with Crippen molar-refractivity contribution in [1.29, 1.82) is 0 Å². The fraction of sp³-hybridized carbons (Fsp3) is 0.0769. The molecule has 0 bridgehead atoms. The minimum Gasteiger partial charge on any atom is -0.309 e. The number of nitrogens with zero attached hydrogens (tertiary/aromatic N) is 1. The van der Waals surface area contributed by atoms with Crippen molar-refractivity contribution >= 4 is 39.3 Å². The maximum atomic E-state index is 11.9. The lowest BCUT2D eigenvalue weighted by molar-refractivity contribution is -0.116. The number of halogens is 2. The molecular formula is C13H10BrClN2O. The van der Waals surface area contributed by atoms with Crippen LogP contribution in [0.2, 0.25) is 0 Å². The van der Waals surface area contributed by atoms with Gasteiger partial charge in [-0.1, -0.05) is 30.3 Å².